The van der Waals surface area contributed by atoms with Crippen LogP contribution in [-0.2, 0) is 35.3 Å². The third-order valence-electron chi connectivity index (χ3n) is 8.21. The molecule has 0 radical (unpaired) electrons. The maximum Gasteiger partial charge on any atom is 0.491 e. The molecule has 1 aliphatic heterocycles. The molecule has 3 aromatic rings. The van der Waals surface area contributed by atoms with Gasteiger partial charge in [0, 0.05) is 56.5 Å². The molecule has 0 fully saturated rings. The number of nitrogens with one attached hydrogen (secondary N) is 2. The van der Waals surface area contributed by atoms with E-state index in [0.29, 0.717) is 0 Å². The number of aromatic nitrogens is 2. The molecule has 1 aliphatic rings. The van der Waals surface area contributed by atoms with Crippen LogP contribution in [0.25, 0.3) is 11.3 Å². The molecule has 0 aliphatic carbocycles. The number of esters is 1. The normalized spacial score (nSPS) is 15.5. The topological polar surface area (TPSA) is 186 Å². The van der Waals surface area contributed by atoms with Gasteiger partial charge in [-0.1, -0.05) is 51.1 Å². The Balaban J connectivity index is 1.56. The second-order valence-electron chi connectivity index (χ2n) is 13.2. The molecule has 1 aromatic heterocycles. The lowest BCUT2D eigenvalue weighted by atomic mass is 9.76. The van der Waals surface area contributed by atoms with E-state index < -0.39 is 90.1 Å². The molecule has 0 saturated carbocycles. The molecule has 2 aromatic carbocycles. The minimum absolute atomic E-state index is 0.00919. The molecule has 0 spiro atoms. The number of imidazole rings is 1. The van der Waals surface area contributed by atoms with Gasteiger partial charge in [-0.05, 0) is 29.2 Å². The number of hydrogen-bond acceptors (Lipinski definition) is 9. The maximum absolute atomic E-state index is 14.9. The van der Waals surface area contributed by atoms with Crippen molar-refractivity contribution in [3.05, 3.63) is 89.9 Å². The van der Waals surface area contributed by atoms with Gasteiger partial charge < -0.3 is 25.0 Å². The molecule has 5 N–H and O–H groups in total. The number of nitrogens with zero attached hydrogens (tertiary/aromatic N) is 3. The zero-order chi connectivity index (χ0) is 39.3. The van der Waals surface area contributed by atoms with E-state index >= 15 is 0 Å². The van der Waals surface area contributed by atoms with Crippen LogP contribution in [0.1, 0.15) is 44.5 Å². The molecule has 18 heteroatoms. The van der Waals surface area contributed by atoms with Crippen molar-refractivity contribution in [2.45, 2.75) is 57.7 Å². The Morgan fingerprint density at radius 3 is 2.21 bits per heavy atom. The van der Waals surface area contributed by atoms with Crippen molar-refractivity contribution < 1.29 is 55.8 Å². The number of carbonyl (C=O) groups is 5. The van der Waals surface area contributed by atoms with Gasteiger partial charge >= 0.3 is 12.1 Å². The molecule has 0 saturated heterocycles. The number of halogens is 5. The molecule has 2 heterocycles. The summed E-state index contributed by atoms with van der Waals surface area (Å²) in [5.41, 5.74) is 2.49. The van der Waals surface area contributed by atoms with Gasteiger partial charge in [-0.25, -0.2) is 18.6 Å². The number of ether oxygens (including phenoxy) is 1. The molecule has 13 nitrogen and oxygen atoms in total. The first-order valence-corrected chi connectivity index (χ1v) is 16.1. The predicted molar refractivity (Wildman–Crippen MR) is 177 cm³/mol. The first-order chi connectivity index (χ1) is 24.7. The smallest absolute Gasteiger partial charge is 0.428 e. The van der Waals surface area contributed by atoms with E-state index in [4.69, 9.17) is 5.73 Å². The Morgan fingerprint density at radius 1 is 0.962 bits per heavy atom. The lowest BCUT2D eigenvalue weighted by Crippen LogP contribution is -2.60. The van der Waals surface area contributed by atoms with E-state index in [9.17, 15) is 51.0 Å². The van der Waals surface area contributed by atoms with Crippen LogP contribution in [0.15, 0.2) is 66.9 Å². The van der Waals surface area contributed by atoms with E-state index in [1.807, 2.05) is 0 Å². The van der Waals surface area contributed by atoms with Crippen LogP contribution in [0.3, 0.4) is 0 Å². The summed E-state index contributed by atoms with van der Waals surface area (Å²) in [4.78, 5) is 66.9. The SMILES string of the molecule is CC(C)(C)[C@H](c1nc(-c2cc(F)ccc2F)cn1Cc1ccccc1)[C@H](O)C(=O)NCC[C@](N)(OC(=O)C(F)(F)F)C(=O)NCCN1C(=O)C=CC1=O. The first-order valence-electron chi connectivity index (χ1n) is 16.1. The van der Waals surface area contributed by atoms with Gasteiger partial charge in [0.05, 0.1) is 11.6 Å². The number of imide groups is 1. The molecule has 4 rings (SSSR count). The van der Waals surface area contributed by atoms with E-state index in [-0.39, 0.29) is 30.2 Å². The highest BCUT2D eigenvalue weighted by Gasteiger charge is 2.48. The van der Waals surface area contributed by atoms with Crippen LogP contribution in [-0.4, -0.2) is 86.8 Å². The van der Waals surface area contributed by atoms with Crippen molar-refractivity contribution >= 4 is 29.6 Å². The number of alkyl halides is 3. The summed E-state index contributed by atoms with van der Waals surface area (Å²) in [6, 6.07) is 11.8. The number of rotatable bonds is 14. The highest BCUT2D eigenvalue weighted by Crippen LogP contribution is 2.39. The zero-order valence-corrected chi connectivity index (χ0v) is 28.7. The molecular formula is C35H37F5N6O7. The summed E-state index contributed by atoms with van der Waals surface area (Å²) >= 11 is 0. The summed E-state index contributed by atoms with van der Waals surface area (Å²) < 4.78 is 74.3. The summed E-state index contributed by atoms with van der Waals surface area (Å²) in [6.07, 6.45) is -4.99. The van der Waals surface area contributed by atoms with E-state index in [2.05, 4.69) is 20.4 Å². The van der Waals surface area contributed by atoms with Gasteiger partial charge in [-0.15, -0.1) is 0 Å². The second kappa shape index (κ2) is 16.0. The van der Waals surface area contributed by atoms with Crippen molar-refractivity contribution in [1.29, 1.82) is 0 Å². The van der Waals surface area contributed by atoms with Crippen molar-refractivity contribution in [2.24, 2.45) is 11.1 Å². The fourth-order valence-corrected chi connectivity index (χ4v) is 5.55. The number of hydrogen-bond donors (Lipinski definition) is 4. The Morgan fingerprint density at radius 2 is 1.60 bits per heavy atom. The molecule has 4 amide bonds. The number of aliphatic hydroxyl groups is 1. The average molecular weight is 749 g/mol. The van der Waals surface area contributed by atoms with E-state index in [0.717, 1.165) is 40.8 Å². The fraction of sp³-hybridized carbons (Fsp3) is 0.371. The summed E-state index contributed by atoms with van der Waals surface area (Å²) in [5, 5.41) is 15.9. The highest BCUT2D eigenvalue weighted by molar-refractivity contribution is 6.12. The fourth-order valence-electron chi connectivity index (χ4n) is 5.55. The Labute approximate surface area is 300 Å². The predicted octanol–water partition coefficient (Wildman–Crippen LogP) is 2.68. The molecule has 53 heavy (non-hydrogen) atoms. The summed E-state index contributed by atoms with van der Waals surface area (Å²) in [7, 11) is 0. The Kier molecular flexibility index (Phi) is 12.2. The van der Waals surface area contributed by atoms with Crippen LogP contribution < -0.4 is 16.4 Å². The third-order valence-corrected chi connectivity index (χ3v) is 8.21. The number of nitrogens with two attached hydrogens (primary N) is 1. The Bertz CT molecular complexity index is 1880. The van der Waals surface area contributed by atoms with E-state index in [1.165, 1.54) is 6.20 Å². The van der Waals surface area contributed by atoms with Gasteiger partial charge in [0.15, 0.2) is 0 Å². The number of aliphatic hydroxyl groups excluding tert-OH is 1. The van der Waals surface area contributed by atoms with Crippen LogP contribution in [0.5, 0.6) is 0 Å². The van der Waals surface area contributed by atoms with E-state index in [1.54, 1.807) is 55.7 Å². The molecular weight excluding hydrogens is 711 g/mol. The van der Waals surface area contributed by atoms with Crippen molar-refractivity contribution in [3.8, 4) is 11.3 Å². The lowest BCUT2D eigenvalue weighted by Gasteiger charge is -2.34. The van der Waals surface area contributed by atoms with Crippen LogP contribution in [0.4, 0.5) is 22.0 Å². The number of amides is 4. The van der Waals surface area contributed by atoms with Crippen molar-refractivity contribution in [3.63, 3.8) is 0 Å². The molecule has 284 valence electrons. The van der Waals surface area contributed by atoms with Gasteiger partial charge in [0.1, 0.15) is 23.6 Å². The number of carbonyl (C=O) groups excluding carboxylic acids is 5. The van der Waals surface area contributed by atoms with Crippen LogP contribution >= 0.6 is 0 Å². The lowest BCUT2D eigenvalue weighted by molar-refractivity contribution is -0.214. The quantitative estimate of drug-likeness (QED) is 0.0833. The van der Waals surface area contributed by atoms with Gasteiger partial charge in [0.2, 0.25) is 11.6 Å². The summed E-state index contributed by atoms with van der Waals surface area (Å²) in [6.45, 7) is 3.64. The van der Waals surface area contributed by atoms with Gasteiger partial charge in [-0.3, -0.25) is 29.8 Å². The maximum atomic E-state index is 14.9. The molecule has 3 atom stereocenters. The molecule has 0 bridgehead atoms. The van der Waals surface area contributed by atoms with Crippen molar-refractivity contribution in [2.75, 3.05) is 19.6 Å². The van der Waals surface area contributed by atoms with Crippen LogP contribution in [0, 0.1) is 17.0 Å². The highest BCUT2D eigenvalue weighted by atomic mass is 19.4. The zero-order valence-electron chi connectivity index (χ0n) is 28.7. The average Bonchev–Trinajstić information content (AvgIpc) is 3.62. The molecule has 0 unspecified atom stereocenters. The second-order valence-corrected chi connectivity index (χ2v) is 13.2. The largest absolute Gasteiger partial charge is 0.491 e. The first kappa shape index (κ1) is 40.3. The van der Waals surface area contributed by atoms with Gasteiger partial charge in [-0.2, -0.15) is 13.2 Å². The Hall–Kier alpha value is -5.49. The minimum atomic E-state index is -5.56. The number of benzene rings is 2. The summed E-state index contributed by atoms with van der Waals surface area (Å²) in [5.74, 6) is -9.25. The standard InChI is InChI=1S/C35H37F5N6O7/c1-33(2,3)27(29-44-24(22-17-21(36)9-10-23(22)37)19-45(29)18-20-7-5-4-6-8-20)28(49)30(50)42-14-13-34(41,53-32(52)35(38,39)40)31(51)43-15-16-46-25(47)11-12-26(46)48/h4-12,17,19,27-28,49H,13-16,18,41H2,1-3H3,(H,42,50)(H,43,51)/t27-,28-,34-/m0/s1. The minimum Gasteiger partial charge on any atom is -0.428 e. The van der Waals surface area contributed by atoms with Crippen LogP contribution in [0.2, 0.25) is 0 Å². The van der Waals surface area contributed by atoms with Crippen molar-refractivity contribution in [1.82, 2.24) is 25.1 Å². The monoisotopic (exact) mass is 748 g/mol. The van der Waals surface area contributed by atoms with Gasteiger partial charge in [0.25, 0.3) is 17.7 Å². The third kappa shape index (κ3) is 9.89.